The van der Waals surface area contributed by atoms with Crippen LogP contribution in [0.15, 0.2) is 36.5 Å². The molecular weight excluding hydrogens is 180 g/mol. The first kappa shape index (κ1) is 14.2. The zero-order valence-corrected chi connectivity index (χ0v) is 10.7. The van der Waals surface area contributed by atoms with Crippen LogP contribution in [0.2, 0.25) is 0 Å². The summed E-state index contributed by atoms with van der Waals surface area (Å²) in [4.78, 5) is 0. The van der Waals surface area contributed by atoms with Crippen LogP contribution in [0.3, 0.4) is 0 Å². The summed E-state index contributed by atoms with van der Waals surface area (Å²) in [7, 11) is 0. The van der Waals surface area contributed by atoms with Gasteiger partial charge in [-0.05, 0) is 38.5 Å². The van der Waals surface area contributed by atoms with E-state index >= 15 is 0 Å². The van der Waals surface area contributed by atoms with E-state index in [0.717, 1.165) is 12.8 Å². The van der Waals surface area contributed by atoms with E-state index in [9.17, 15) is 0 Å². The van der Waals surface area contributed by atoms with Crippen molar-refractivity contribution in [3.8, 4) is 0 Å². The Morgan fingerprint density at radius 2 is 2.00 bits per heavy atom. The van der Waals surface area contributed by atoms with Crippen molar-refractivity contribution in [2.75, 3.05) is 0 Å². The Morgan fingerprint density at radius 3 is 2.47 bits per heavy atom. The van der Waals surface area contributed by atoms with E-state index in [1.807, 2.05) is 6.08 Å². The summed E-state index contributed by atoms with van der Waals surface area (Å²) in [6, 6.07) is 0. The molecule has 0 heteroatoms. The van der Waals surface area contributed by atoms with Gasteiger partial charge in [0.25, 0.3) is 0 Å². The maximum Gasteiger partial charge on any atom is -0.0227 e. The fourth-order valence-corrected chi connectivity index (χ4v) is 1.51. The maximum atomic E-state index is 3.96. The largest absolute Gasteiger partial charge is 0.103 e. The van der Waals surface area contributed by atoms with Crippen molar-refractivity contribution >= 4 is 0 Å². The molecule has 0 radical (unpaired) electrons. The molecule has 0 rings (SSSR count). The summed E-state index contributed by atoms with van der Waals surface area (Å²) >= 11 is 0. The van der Waals surface area contributed by atoms with Gasteiger partial charge in [-0.3, -0.25) is 0 Å². The Balaban J connectivity index is 4.17. The number of hydrogen-bond acceptors (Lipinski definition) is 0. The summed E-state index contributed by atoms with van der Waals surface area (Å²) in [6.07, 6.45) is 10.3. The molecule has 0 heterocycles. The number of allylic oxidation sites excluding steroid dienone is 4. The van der Waals surface area contributed by atoms with Gasteiger partial charge < -0.3 is 0 Å². The van der Waals surface area contributed by atoms with Crippen LogP contribution in [-0.2, 0) is 0 Å². The van der Waals surface area contributed by atoms with Crippen LogP contribution in [0, 0.1) is 5.92 Å². The Kier molecular flexibility index (Phi) is 8.08. The van der Waals surface area contributed by atoms with Crippen molar-refractivity contribution in [1.29, 1.82) is 0 Å². The van der Waals surface area contributed by atoms with Gasteiger partial charge in [-0.2, -0.15) is 0 Å². The molecule has 86 valence electrons. The van der Waals surface area contributed by atoms with Gasteiger partial charge in [0.1, 0.15) is 0 Å². The summed E-state index contributed by atoms with van der Waals surface area (Å²) in [5.41, 5.74) is 2.86. The second-order valence-corrected chi connectivity index (χ2v) is 4.53. The third-order valence-corrected chi connectivity index (χ3v) is 2.58. The van der Waals surface area contributed by atoms with Crippen LogP contribution in [0.1, 0.15) is 52.9 Å². The molecular formula is C15H26. The third kappa shape index (κ3) is 8.23. The van der Waals surface area contributed by atoms with E-state index in [0.29, 0.717) is 5.92 Å². The minimum atomic E-state index is 0.596. The molecule has 0 aromatic carbocycles. The van der Waals surface area contributed by atoms with E-state index in [1.54, 1.807) is 5.57 Å². The topological polar surface area (TPSA) is 0 Å². The number of rotatable bonds is 8. The van der Waals surface area contributed by atoms with Crippen LogP contribution in [-0.4, -0.2) is 0 Å². The fraction of sp³-hybridized carbons (Fsp3) is 0.600. The first-order valence-electron chi connectivity index (χ1n) is 6.05. The molecule has 0 aliphatic rings. The van der Waals surface area contributed by atoms with E-state index in [1.165, 1.54) is 24.8 Å². The molecule has 0 spiro atoms. The smallest absolute Gasteiger partial charge is 0.0227 e. The lowest BCUT2D eigenvalue weighted by atomic mass is 9.95. The lowest BCUT2D eigenvalue weighted by Crippen LogP contribution is -1.94. The average molecular weight is 206 g/mol. The van der Waals surface area contributed by atoms with Crippen molar-refractivity contribution in [3.05, 3.63) is 36.5 Å². The minimum absolute atomic E-state index is 0.596. The first-order valence-corrected chi connectivity index (χ1v) is 6.05. The molecule has 0 amide bonds. The molecule has 0 bridgehead atoms. The highest BCUT2D eigenvalue weighted by atomic mass is 14.1. The molecule has 0 nitrogen and oxygen atoms in total. The van der Waals surface area contributed by atoms with Crippen LogP contribution in [0.4, 0.5) is 0 Å². The van der Waals surface area contributed by atoms with Gasteiger partial charge >= 0.3 is 0 Å². The fourth-order valence-electron chi connectivity index (χ4n) is 1.51. The quantitative estimate of drug-likeness (QED) is 0.474. The standard InChI is InChI=1S/C15H26/c1-6-8-9-15(11-10-13(3)4)12-14(5)7-2/h7,9,14H,2-3,6,8,10-12H2,1,4-5H3. The minimum Gasteiger partial charge on any atom is -0.103 e. The average Bonchev–Trinajstić information content (AvgIpc) is 2.21. The zero-order chi connectivity index (χ0) is 11.7. The molecule has 0 N–H and O–H groups in total. The summed E-state index contributed by atoms with van der Waals surface area (Å²) in [5, 5.41) is 0. The highest BCUT2D eigenvalue weighted by Crippen LogP contribution is 2.20. The monoisotopic (exact) mass is 206 g/mol. The van der Waals surface area contributed by atoms with Gasteiger partial charge in [-0.15, -0.1) is 13.2 Å². The number of hydrogen-bond donors (Lipinski definition) is 0. The van der Waals surface area contributed by atoms with Gasteiger partial charge in [0.2, 0.25) is 0 Å². The van der Waals surface area contributed by atoms with Crippen LogP contribution < -0.4 is 0 Å². The van der Waals surface area contributed by atoms with Gasteiger partial charge in [-0.25, -0.2) is 0 Å². The third-order valence-electron chi connectivity index (χ3n) is 2.58. The van der Waals surface area contributed by atoms with Crippen molar-refractivity contribution < 1.29 is 0 Å². The summed E-state index contributed by atoms with van der Waals surface area (Å²) < 4.78 is 0. The van der Waals surface area contributed by atoms with Crippen molar-refractivity contribution in [1.82, 2.24) is 0 Å². The Bertz CT molecular complexity index is 220. The Hall–Kier alpha value is -0.780. The van der Waals surface area contributed by atoms with Crippen molar-refractivity contribution in [2.45, 2.75) is 52.9 Å². The van der Waals surface area contributed by atoms with Gasteiger partial charge in [0, 0.05) is 0 Å². The molecule has 1 unspecified atom stereocenters. The van der Waals surface area contributed by atoms with Crippen molar-refractivity contribution in [2.24, 2.45) is 5.92 Å². The Morgan fingerprint density at radius 1 is 1.33 bits per heavy atom. The lowest BCUT2D eigenvalue weighted by molar-refractivity contribution is 0.682. The van der Waals surface area contributed by atoms with E-state index in [4.69, 9.17) is 0 Å². The van der Waals surface area contributed by atoms with Crippen LogP contribution >= 0.6 is 0 Å². The maximum absolute atomic E-state index is 3.96. The van der Waals surface area contributed by atoms with Crippen LogP contribution in [0.5, 0.6) is 0 Å². The second-order valence-electron chi connectivity index (χ2n) is 4.53. The normalized spacial score (nSPS) is 13.7. The molecule has 0 aromatic heterocycles. The molecule has 0 fully saturated rings. The molecule has 0 saturated carbocycles. The van der Waals surface area contributed by atoms with Gasteiger partial charge in [0.15, 0.2) is 0 Å². The highest BCUT2D eigenvalue weighted by molar-refractivity contribution is 5.07. The van der Waals surface area contributed by atoms with Crippen LogP contribution in [0.25, 0.3) is 0 Å². The Labute approximate surface area is 95.8 Å². The van der Waals surface area contributed by atoms with Crippen molar-refractivity contribution in [3.63, 3.8) is 0 Å². The van der Waals surface area contributed by atoms with Gasteiger partial charge in [-0.1, -0.05) is 43.6 Å². The first-order chi connectivity index (χ1) is 7.10. The molecule has 15 heavy (non-hydrogen) atoms. The number of unbranched alkanes of at least 4 members (excludes halogenated alkanes) is 1. The molecule has 0 aromatic rings. The molecule has 0 aliphatic heterocycles. The predicted molar refractivity (Wildman–Crippen MR) is 71.0 cm³/mol. The van der Waals surface area contributed by atoms with Gasteiger partial charge in [0.05, 0.1) is 0 Å². The lowest BCUT2D eigenvalue weighted by Gasteiger charge is -2.11. The van der Waals surface area contributed by atoms with E-state index in [-0.39, 0.29) is 0 Å². The summed E-state index contributed by atoms with van der Waals surface area (Å²) in [6.45, 7) is 14.4. The molecule has 0 aliphatic carbocycles. The highest BCUT2D eigenvalue weighted by Gasteiger charge is 2.02. The molecule has 0 saturated heterocycles. The summed E-state index contributed by atoms with van der Waals surface area (Å²) in [5.74, 6) is 0.596. The second kappa shape index (κ2) is 8.52. The SMILES string of the molecule is C=CC(C)CC(=CCCC)CCC(=C)C. The molecule has 1 atom stereocenters. The predicted octanol–water partition coefficient (Wildman–Crippen LogP) is 5.28. The van der Waals surface area contributed by atoms with E-state index in [2.05, 4.69) is 40.0 Å². The zero-order valence-electron chi connectivity index (χ0n) is 10.7. The van der Waals surface area contributed by atoms with E-state index < -0.39 is 0 Å².